The molecule has 0 radical (unpaired) electrons. The largest absolute Gasteiger partial charge is 0.320 e. The topological polar surface area (TPSA) is 52.9 Å². The predicted molar refractivity (Wildman–Crippen MR) is 94.9 cm³/mol. The first-order valence-corrected chi connectivity index (χ1v) is 9.20. The summed E-state index contributed by atoms with van der Waals surface area (Å²) in [5.74, 6) is 0.598. The lowest BCUT2D eigenvalue weighted by molar-refractivity contribution is -0.120. The fourth-order valence-electron chi connectivity index (χ4n) is 2.51. The SMILES string of the molecule is Cc1ccc(CSC2=C(C#N)[C@H](c3cccs3)CC(=O)N2)cc1. The van der Waals surface area contributed by atoms with E-state index in [0.29, 0.717) is 17.0 Å². The molecule has 5 heteroatoms. The molecular weight excluding hydrogens is 324 g/mol. The predicted octanol–water partition coefficient (Wildman–Crippen LogP) is 4.33. The molecule has 1 amide bonds. The van der Waals surface area contributed by atoms with Gasteiger partial charge in [-0.05, 0) is 23.9 Å². The Morgan fingerprint density at radius 2 is 2.13 bits per heavy atom. The van der Waals surface area contributed by atoms with E-state index in [9.17, 15) is 10.1 Å². The molecule has 1 aromatic heterocycles. The molecule has 23 heavy (non-hydrogen) atoms. The zero-order chi connectivity index (χ0) is 16.2. The van der Waals surface area contributed by atoms with Crippen LogP contribution in [-0.4, -0.2) is 5.91 Å². The highest BCUT2D eigenvalue weighted by molar-refractivity contribution is 8.02. The normalized spacial score (nSPS) is 17.7. The van der Waals surface area contributed by atoms with Gasteiger partial charge in [0.1, 0.15) is 0 Å². The Balaban J connectivity index is 1.83. The maximum absolute atomic E-state index is 12.0. The maximum atomic E-state index is 12.0. The third kappa shape index (κ3) is 3.66. The summed E-state index contributed by atoms with van der Waals surface area (Å²) >= 11 is 3.12. The van der Waals surface area contributed by atoms with Crippen molar-refractivity contribution in [2.75, 3.05) is 0 Å². The number of allylic oxidation sites excluding steroid dienone is 1. The zero-order valence-corrected chi connectivity index (χ0v) is 14.3. The van der Waals surface area contributed by atoms with Gasteiger partial charge in [0, 0.05) is 23.0 Å². The highest BCUT2D eigenvalue weighted by atomic mass is 32.2. The number of nitrogens with one attached hydrogen (secondary N) is 1. The first-order valence-electron chi connectivity index (χ1n) is 7.33. The summed E-state index contributed by atoms with van der Waals surface area (Å²) in [5, 5.41) is 15.1. The van der Waals surface area contributed by atoms with Crippen molar-refractivity contribution in [3.8, 4) is 6.07 Å². The van der Waals surface area contributed by atoms with Gasteiger partial charge in [0.25, 0.3) is 0 Å². The number of nitriles is 1. The average Bonchev–Trinajstić information content (AvgIpc) is 3.08. The van der Waals surface area contributed by atoms with Crippen molar-refractivity contribution in [3.63, 3.8) is 0 Å². The molecule has 1 atom stereocenters. The van der Waals surface area contributed by atoms with E-state index in [1.54, 1.807) is 11.3 Å². The molecule has 0 spiro atoms. The van der Waals surface area contributed by atoms with E-state index in [1.807, 2.05) is 17.5 Å². The van der Waals surface area contributed by atoms with Gasteiger partial charge in [0.2, 0.25) is 5.91 Å². The van der Waals surface area contributed by atoms with Crippen LogP contribution in [0.2, 0.25) is 0 Å². The number of nitrogens with zero attached hydrogens (tertiary/aromatic N) is 1. The zero-order valence-electron chi connectivity index (χ0n) is 12.7. The minimum absolute atomic E-state index is 0.0196. The summed E-state index contributed by atoms with van der Waals surface area (Å²) in [6, 6.07) is 14.6. The molecule has 0 saturated heterocycles. The quantitative estimate of drug-likeness (QED) is 0.901. The fourth-order valence-corrected chi connectivity index (χ4v) is 4.38. The summed E-state index contributed by atoms with van der Waals surface area (Å²) in [6.45, 7) is 2.06. The Kier molecular flexibility index (Phi) is 4.85. The summed E-state index contributed by atoms with van der Waals surface area (Å²) in [4.78, 5) is 13.1. The summed E-state index contributed by atoms with van der Waals surface area (Å²) < 4.78 is 0. The Bertz CT molecular complexity index is 770. The van der Waals surface area contributed by atoms with Crippen LogP contribution in [0.5, 0.6) is 0 Å². The van der Waals surface area contributed by atoms with E-state index in [-0.39, 0.29) is 11.8 Å². The van der Waals surface area contributed by atoms with E-state index in [0.717, 1.165) is 10.6 Å². The van der Waals surface area contributed by atoms with Gasteiger partial charge < -0.3 is 5.32 Å². The molecule has 116 valence electrons. The first-order chi connectivity index (χ1) is 11.2. The number of carbonyl (C=O) groups excluding carboxylic acids is 1. The van der Waals surface area contributed by atoms with Crippen LogP contribution >= 0.6 is 23.1 Å². The van der Waals surface area contributed by atoms with Crippen molar-refractivity contribution in [3.05, 3.63) is 68.4 Å². The molecule has 2 aromatic rings. The summed E-state index contributed by atoms with van der Waals surface area (Å²) in [7, 11) is 0. The monoisotopic (exact) mass is 340 g/mol. The van der Waals surface area contributed by atoms with Crippen molar-refractivity contribution in [1.29, 1.82) is 5.26 Å². The van der Waals surface area contributed by atoms with Crippen molar-refractivity contribution in [1.82, 2.24) is 5.32 Å². The Labute approximate surface area is 144 Å². The van der Waals surface area contributed by atoms with Gasteiger partial charge in [0.15, 0.2) is 0 Å². The molecule has 0 unspecified atom stereocenters. The van der Waals surface area contributed by atoms with Gasteiger partial charge in [-0.2, -0.15) is 5.26 Å². The molecule has 0 aliphatic carbocycles. The number of carbonyl (C=O) groups is 1. The number of amides is 1. The number of thiophene rings is 1. The second kappa shape index (κ2) is 7.03. The fraction of sp³-hybridized carbons (Fsp3) is 0.222. The third-order valence-corrected chi connectivity index (χ3v) is 5.82. The van der Waals surface area contributed by atoms with Gasteiger partial charge in [-0.3, -0.25) is 4.79 Å². The smallest absolute Gasteiger partial charge is 0.225 e. The number of rotatable bonds is 4. The van der Waals surface area contributed by atoms with Crippen LogP contribution in [0, 0.1) is 18.3 Å². The molecule has 1 aliphatic heterocycles. The third-order valence-electron chi connectivity index (χ3n) is 3.75. The molecule has 1 aromatic carbocycles. The van der Waals surface area contributed by atoms with Gasteiger partial charge in [0.05, 0.1) is 16.7 Å². The lowest BCUT2D eigenvalue weighted by Gasteiger charge is -2.24. The molecule has 2 heterocycles. The summed E-state index contributed by atoms with van der Waals surface area (Å²) in [6.07, 6.45) is 0.345. The Morgan fingerprint density at radius 3 is 2.78 bits per heavy atom. The lowest BCUT2D eigenvalue weighted by atomic mass is 9.93. The molecule has 1 aliphatic rings. The van der Waals surface area contributed by atoms with Crippen molar-refractivity contribution >= 4 is 29.0 Å². The van der Waals surface area contributed by atoms with Gasteiger partial charge in [-0.1, -0.05) is 35.9 Å². The molecule has 0 bridgehead atoms. The van der Waals surface area contributed by atoms with E-state index in [4.69, 9.17) is 0 Å². The standard InChI is InChI=1S/C18H16N2OS2/c1-12-4-6-13(7-5-12)11-23-18-15(10-19)14(9-17(21)20-18)16-3-2-8-22-16/h2-8,14H,9,11H2,1H3,(H,20,21)/t14-/m1/s1. The second-order valence-electron chi connectivity index (χ2n) is 5.45. The van der Waals surface area contributed by atoms with Crippen LogP contribution in [-0.2, 0) is 10.5 Å². The van der Waals surface area contributed by atoms with Crippen LogP contribution in [0.3, 0.4) is 0 Å². The number of hydrogen-bond acceptors (Lipinski definition) is 4. The van der Waals surface area contributed by atoms with Crippen molar-refractivity contribution in [2.24, 2.45) is 0 Å². The van der Waals surface area contributed by atoms with Crippen molar-refractivity contribution in [2.45, 2.75) is 25.0 Å². The molecule has 3 rings (SSSR count). The van der Waals surface area contributed by atoms with Crippen LogP contribution in [0.1, 0.15) is 28.3 Å². The number of aryl methyl sites for hydroxylation is 1. The van der Waals surface area contributed by atoms with E-state index >= 15 is 0 Å². The van der Waals surface area contributed by atoms with Crippen LogP contribution in [0.25, 0.3) is 0 Å². The summed E-state index contributed by atoms with van der Waals surface area (Å²) in [5.41, 5.74) is 3.07. The van der Waals surface area contributed by atoms with Crippen LogP contribution in [0.4, 0.5) is 0 Å². The number of benzene rings is 1. The van der Waals surface area contributed by atoms with E-state index in [1.165, 1.54) is 22.9 Å². The van der Waals surface area contributed by atoms with Gasteiger partial charge in [-0.15, -0.1) is 23.1 Å². The average molecular weight is 340 g/mol. The van der Waals surface area contributed by atoms with Crippen LogP contribution in [0.15, 0.2) is 52.4 Å². The lowest BCUT2D eigenvalue weighted by Crippen LogP contribution is -2.30. The first kappa shape index (κ1) is 15.9. The number of hydrogen-bond donors (Lipinski definition) is 1. The number of thioether (sulfide) groups is 1. The molecular formula is C18H16N2OS2. The van der Waals surface area contributed by atoms with Gasteiger partial charge >= 0.3 is 0 Å². The molecule has 0 fully saturated rings. The second-order valence-corrected chi connectivity index (χ2v) is 7.41. The minimum atomic E-state index is -0.116. The van der Waals surface area contributed by atoms with Crippen molar-refractivity contribution < 1.29 is 4.79 Å². The van der Waals surface area contributed by atoms with E-state index < -0.39 is 0 Å². The Hall–Kier alpha value is -2.03. The van der Waals surface area contributed by atoms with E-state index in [2.05, 4.69) is 42.6 Å². The minimum Gasteiger partial charge on any atom is -0.320 e. The molecule has 0 saturated carbocycles. The highest BCUT2D eigenvalue weighted by Gasteiger charge is 2.30. The molecule has 1 N–H and O–H groups in total. The maximum Gasteiger partial charge on any atom is 0.225 e. The Morgan fingerprint density at radius 1 is 1.35 bits per heavy atom. The van der Waals surface area contributed by atoms with Gasteiger partial charge in [-0.25, -0.2) is 0 Å². The molecule has 3 nitrogen and oxygen atoms in total. The van der Waals surface area contributed by atoms with Crippen LogP contribution < -0.4 is 5.32 Å². The highest BCUT2D eigenvalue weighted by Crippen LogP contribution is 2.38.